The van der Waals surface area contributed by atoms with Gasteiger partial charge in [0.2, 0.25) is 0 Å². The van der Waals surface area contributed by atoms with Gasteiger partial charge in [-0.2, -0.15) is 0 Å². The second-order valence-corrected chi connectivity index (χ2v) is 6.32. The molecular weight excluding hydrogens is 294 g/mol. The molecule has 1 aromatic carbocycles. The highest BCUT2D eigenvalue weighted by atomic mass is 79.9. The first-order chi connectivity index (χ1) is 8.30. The van der Waals surface area contributed by atoms with Gasteiger partial charge in [0, 0.05) is 17.6 Å². The first-order valence-corrected chi connectivity index (χ1v) is 6.77. The number of nitrogens with one attached hydrogen (secondary N) is 1. The van der Waals surface area contributed by atoms with Crippen LogP contribution in [0.2, 0.25) is 0 Å². The van der Waals surface area contributed by atoms with Crippen LogP contribution in [0.3, 0.4) is 0 Å². The van der Waals surface area contributed by atoms with Crippen molar-refractivity contribution in [3.05, 3.63) is 33.8 Å². The van der Waals surface area contributed by atoms with Gasteiger partial charge in [0.05, 0.1) is 6.42 Å². The summed E-state index contributed by atoms with van der Waals surface area (Å²) in [4.78, 5) is 10.7. The number of carboxylic acid groups (broad SMARTS) is 1. The summed E-state index contributed by atoms with van der Waals surface area (Å²) in [6.45, 7) is 7.44. The molecule has 0 aliphatic heterocycles. The molecule has 3 nitrogen and oxygen atoms in total. The number of carbonyl (C=O) groups is 1. The molecule has 0 heterocycles. The summed E-state index contributed by atoms with van der Waals surface area (Å²) in [5.41, 5.74) is 2.24. The molecule has 100 valence electrons. The summed E-state index contributed by atoms with van der Waals surface area (Å²) >= 11 is 3.45. The van der Waals surface area contributed by atoms with E-state index in [2.05, 4.69) is 40.3 Å². The Morgan fingerprint density at radius 1 is 1.44 bits per heavy atom. The molecular formula is C14H20BrNO2. The van der Waals surface area contributed by atoms with Crippen molar-refractivity contribution in [2.75, 3.05) is 6.54 Å². The Morgan fingerprint density at radius 2 is 2.11 bits per heavy atom. The van der Waals surface area contributed by atoms with E-state index in [9.17, 15) is 4.79 Å². The van der Waals surface area contributed by atoms with Gasteiger partial charge in [-0.1, -0.05) is 35.8 Å². The van der Waals surface area contributed by atoms with Gasteiger partial charge in [-0.3, -0.25) is 4.79 Å². The van der Waals surface area contributed by atoms with E-state index < -0.39 is 5.97 Å². The molecule has 0 atom stereocenters. The minimum atomic E-state index is -0.750. The summed E-state index contributed by atoms with van der Waals surface area (Å²) in [5, 5.41) is 12.1. The number of rotatable bonds is 6. The number of benzene rings is 1. The molecule has 0 fully saturated rings. The molecule has 18 heavy (non-hydrogen) atoms. The fraction of sp³-hybridized carbons (Fsp3) is 0.500. The minimum Gasteiger partial charge on any atom is -0.481 e. The maximum Gasteiger partial charge on any atom is 0.303 e. The lowest BCUT2D eigenvalue weighted by molar-refractivity contribution is -0.139. The minimum absolute atomic E-state index is 0.178. The fourth-order valence-corrected chi connectivity index (χ4v) is 2.25. The van der Waals surface area contributed by atoms with E-state index in [1.807, 2.05) is 19.9 Å². The van der Waals surface area contributed by atoms with Crippen LogP contribution in [0, 0.1) is 12.3 Å². The molecule has 1 aromatic rings. The average molecular weight is 314 g/mol. The standard InChI is InChI=1S/C14H20BrNO2/c1-10-4-5-12(15)6-11(10)8-16-9-14(2,3)7-13(17)18/h4-6,16H,7-9H2,1-3H3,(H,17,18). The lowest BCUT2D eigenvalue weighted by atomic mass is 9.89. The molecule has 0 unspecified atom stereocenters. The zero-order chi connectivity index (χ0) is 13.8. The molecule has 0 spiro atoms. The molecule has 0 bridgehead atoms. The van der Waals surface area contributed by atoms with Crippen LogP contribution in [0.15, 0.2) is 22.7 Å². The van der Waals surface area contributed by atoms with Crippen molar-refractivity contribution in [3.63, 3.8) is 0 Å². The van der Waals surface area contributed by atoms with Crippen molar-refractivity contribution in [1.29, 1.82) is 0 Å². The maximum atomic E-state index is 10.7. The Kier molecular flexibility index (Phi) is 5.35. The number of aliphatic carboxylic acids is 1. The van der Waals surface area contributed by atoms with E-state index in [1.54, 1.807) is 0 Å². The second kappa shape index (κ2) is 6.34. The quantitative estimate of drug-likeness (QED) is 0.846. The van der Waals surface area contributed by atoms with Gasteiger partial charge < -0.3 is 10.4 Å². The molecule has 0 aliphatic carbocycles. The van der Waals surface area contributed by atoms with Crippen molar-refractivity contribution >= 4 is 21.9 Å². The third kappa shape index (κ3) is 5.19. The first-order valence-electron chi connectivity index (χ1n) is 5.98. The van der Waals surface area contributed by atoms with E-state index in [0.717, 1.165) is 11.0 Å². The van der Waals surface area contributed by atoms with Crippen LogP contribution >= 0.6 is 15.9 Å². The summed E-state index contributed by atoms with van der Waals surface area (Å²) in [6, 6.07) is 6.18. The second-order valence-electron chi connectivity index (χ2n) is 5.41. The Bertz CT molecular complexity index is 430. The third-order valence-corrected chi connectivity index (χ3v) is 3.35. The largest absolute Gasteiger partial charge is 0.481 e. The summed E-state index contributed by atoms with van der Waals surface area (Å²) in [7, 11) is 0. The van der Waals surface area contributed by atoms with Gasteiger partial charge in [0.15, 0.2) is 0 Å². The molecule has 0 saturated carbocycles. The Labute approximate surface area is 117 Å². The molecule has 0 aliphatic rings. The average Bonchev–Trinajstić information content (AvgIpc) is 2.21. The number of halogens is 1. The van der Waals surface area contributed by atoms with Gasteiger partial charge in [-0.25, -0.2) is 0 Å². The summed E-state index contributed by atoms with van der Waals surface area (Å²) < 4.78 is 1.06. The van der Waals surface area contributed by atoms with Gasteiger partial charge in [-0.05, 0) is 35.6 Å². The molecule has 0 radical (unpaired) electrons. The monoisotopic (exact) mass is 313 g/mol. The summed E-state index contributed by atoms with van der Waals surface area (Å²) in [6.07, 6.45) is 0.178. The highest BCUT2D eigenvalue weighted by molar-refractivity contribution is 9.10. The van der Waals surface area contributed by atoms with Crippen LogP contribution in [0.4, 0.5) is 0 Å². The van der Waals surface area contributed by atoms with E-state index in [1.165, 1.54) is 11.1 Å². The lowest BCUT2D eigenvalue weighted by Crippen LogP contribution is -2.31. The number of hydrogen-bond donors (Lipinski definition) is 2. The Hall–Kier alpha value is -0.870. The SMILES string of the molecule is Cc1ccc(Br)cc1CNCC(C)(C)CC(=O)O. The van der Waals surface area contributed by atoms with Crippen LogP contribution in [0.5, 0.6) is 0 Å². The van der Waals surface area contributed by atoms with E-state index in [4.69, 9.17) is 5.11 Å². The summed E-state index contributed by atoms with van der Waals surface area (Å²) in [5.74, 6) is -0.750. The van der Waals surface area contributed by atoms with Crippen molar-refractivity contribution in [1.82, 2.24) is 5.32 Å². The van der Waals surface area contributed by atoms with E-state index in [-0.39, 0.29) is 11.8 Å². The maximum absolute atomic E-state index is 10.7. The molecule has 2 N–H and O–H groups in total. The predicted octanol–water partition coefficient (Wildman–Crippen LogP) is 3.35. The Morgan fingerprint density at radius 3 is 2.72 bits per heavy atom. The smallest absolute Gasteiger partial charge is 0.303 e. The fourth-order valence-electron chi connectivity index (χ4n) is 1.84. The van der Waals surface area contributed by atoms with Crippen molar-refractivity contribution in [2.24, 2.45) is 5.41 Å². The van der Waals surface area contributed by atoms with Gasteiger partial charge in [0.25, 0.3) is 0 Å². The number of aryl methyl sites for hydroxylation is 1. The van der Waals surface area contributed by atoms with Crippen molar-refractivity contribution in [3.8, 4) is 0 Å². The number of carboxylic acids is 1. The van der Waals surface area contributed by atoms with Crippen LogP contribution in [-0.2, 0) is 11.3 Å². The van der Waals surface area contributed by atoms with Crippen LogP contribution in [0.1, 0.15) is 31.4 Å². The normalized spacial score (nSPS) is 11.6. The highest BCUT2D eigenvalue weighted by Crippen LogP contribution is 2.20. The number of hydrogen-bond acceptors (Lipinski definition) is 2. The molecule has 0 saturated heterocycles. The molecule has 0 aromatic heterocycles. The van der Waals surface area contributed by atoms with Gasteiger partial charge >= 0.3 is 5.97 Å². The van der Waals surface area contributed by atoms with Crippen LogP contribution < -0.4 is 5.32 Å². The lowest BCUT2D eigenvalue weighted by Gasteiger charge is -2.23. The first kappa shape index (κ1) is 15.2. The third-order valence-electron chi connectivity index (χ3n) is 2.86. The zero-order valence-electron chi connectivity index (χ0n) is 11.1. The van der Waals surface area contributed by atoms with Gasteiger partial charge in [-0.15, -0.1) is 0 Å². The van der Waals surface area contributed by atoms with Crippen LogP contribution in [0.25, 0.3) is 0 Å². The van der Waals surface area contributed by atoms with E-state index >= 15 is 0 Å². The zero-order valence-corrected chi connectivity index (χ0v) is 12.7. The predicted molar refractivity (Wildman–Crippen MR) is 76.6 cm³/mol. The van der Waals surface area contributed by atoms with Gasteiger partial charge in [0.1, 0.15) is 0 Å². The Balaban J connectivity index is 2.51. The van der Waals surface area contributed by atoms with E-state index in [0.29, 0.717) is 6.54 Å². The molecule has 4 heteroatoms. The van der Waals surface area contributed by atoms with Crippen molar-refractivity contribution < 1.29 is 9.90 Å². The highest BCUT2D eigenvalue weighted by Gasteiger charge is 2.21. The van der Waals surface area contributed by atoms with Crippen LogP contribution in [-0.4, -0.2) is 17.6 Å². The topological polar surface area (TPSA) is 49.3 Å². The molecule has 1 rings (SSSR count). The van der Waals surface area contributed by atoms with Crippen molar-refractivity contribution in [2.45, 2.75) is 33.7 Å². The molecule has 0 amide bonds.